The molecule has 84 valence electrons. The van der Waals surface area contributed by atoms with Gasteiger partial charge in [-0.1, -0.05) is 20.8 Å². The van der Waals surface area contributed by atoms with Crippen molar-refractivity contribution in [1.29, 1.82) is 0 Å². The number of nitrogens with zero attached hydrogens (tertiary/aromatic N) is 1. The Morgan fingerprint density at radius 2 is 1.86 bits per heavy atom. The van der Waals surface area contributed by atoms with Gasteiger partial charge >= 0.3 is 0 Å². The molecule has 14 heavy (non-hydrogen) atoms. The topological polar surface area (TPSA) is 23.5 Å². The van der Waals surface area contributed by atoms with E-state index >= 15 is 0 Å². The smallest absolute Gasteiger partial charge is 0.0695 e. The van der Waals surface area contributed by atoms with Crippen molar-refractivity contribution in [2.45, 2.75) is 52.7 Å². The highest BCUT2D eigenvalue weighted by Gasteiger charge is 2.32. The van der Waals surface area contributed by atoms with Crippen molar-refractivity contribution < 1.29 is 5.11 Å². The van der Waals surface area contributed by atoms with Crippen molar-refractivity contribution in [1.82, 2.24) is 4.90 Å². The first-order valence-corrected chi connectivity index (χ1v) is 5.70. The van der Waals surface area contributed by atoms with Gasteiger partial charge in [0.05, 0.1) is 6.10 Å². The van der Waals surface area contributed by atoms with Crippen molar-refractivity contribution in [2.24, 2.45) is 11.3 Å². The average Bonchev–Trinajstić information content (AvgIpc) is 2.82. The zero-order valence-corrected chi connectivity index (χ0v) is 10.2. The maximum absolute atomic E-state index is 9.83. The number of likely N-dealkylation sites (N-methyl/N-ethyl adjacent to an activating group) is 1. The van der Waals surface area contributed by atoms with E-state index < -0.39 is 0 Å². The summed E-state index contributed by atoms with van der Waals surface area (Å²) in [6.45, 7) is 9.80. The molecule has 0 radical (unpaired) electrons. The van der Waals surface area contributed by atoms with Crippen LogP contribution in [0.4, 0.5) is 0 Å². The molecule has 0 aliphatic heterocycles. The Bertz CT molecular complexity index is 181. The maximum Gasteiger partial charge on any atom is 0.0695 e. The zero-order valence-electron chi connectivity index (χ0n) is 10.2. The standard InChI is InChI=1S/C12H25NO/c1-9(12(2,3)4)13(5)8-11(14)10-6-7-10/h9-11,14H,6-8H2,1-5H3. The van der Waals surface area contributed by atoms with Gasteiger partial charge in [0, 0.05) is 12.6 Å². The van der Waals surface area contributed by atoms with Crippen molar-refractivity contribution in [2.75, 3.05) is 13.6 Å². The number of aliphatic hydroxyl groups excluding tert-OH is 1. The molecule has 0 spiro atoms. The highest BCUT2D eigenvalue weighted by Crippen LogP contribution is 2.33. The Balaban J connectivity index is 2.36. The first-order chi connectivity index (χ1) is 6.32. The normalized spacial score (nSPS) is 22.5. The van der Waals surface area contributed by atoms with E-state index in [4.69, 9.17) is 0 Å². The van der Waals surface area contributed by atoms with Crippen molar-refractivity contribution in [3.05, 3.63) is 0 Å². The second kappa shape index (κ2) is 4.19. The number of aliphatic hydroxyl groups is 1. The van der Waals surface area contributed by atoms with Gasteiger partial charge in [-0.2, -0.15) is 0 Å². The summed E-state index contributed by atoms with van der Waals surface area (Å²) in [7, 11) is 2.11. The van der Waals surface area contributed by atoms with Crippen LogP contribution in [0.3, 0.4) is 0 Å². The van der Waals surface area contributed by atoms with E-state index in [-0.39, 0.29) is 11.5 Å². The van der Waals surface area contributed by atoms with Crippen LogP contribution in [0.1, 0.15) is 40.5 Å². The largest absolute Gasteiger partial charge is 0.392 e. The summed E-state index contributed by atoms with van der Waals surface area (Å²) >= 11 is 0. The van der Waals surface area contributed by atoms with Crippen LogP contribution >= 0.6 is 0 Å². The van der Waals surface area contributed by atoms with Gasteiger partial charge in [0.15, 0.2) is 0 Å². The first-order valence-electron chi connectivity index (χ1n) is 5.70. The predicted molar refractivity (Wildman–Crippen MR) is 60.3 cm³/mol. The summed E-state index contributed by atoms with van der Waals surface area (Å²) in [5.74, 6) is 0.588. The Morgan fingerprint density at radius 3 is 2.21 bits per heavy atom. The van der Waals surface area contributed by atoms with E-state index in [1.54, 1.807) is 0 Å². The molecule has 2 heteroatoms. The molecule has 0 aromatic rings. The third-order valence-electron chi connectivity index (χ3n) is 3.56. The number of hydrogen-bond acceptors (Lipinski definition) is 2. The molecule has 2 nitrogen and oxygen atoms in total. The molecule has 1 aliphatic rings. The molecular weight excluding hydrogens is 174 g/mol. The van der Waals surface area contributed by atoms with Gasteiger partial charge in [-0.15, -0.1) is 0 Å². The highest BCUT2D eigenvalue weighted by atomic mass is 16.3. The van der Waals surface area contributed by atoms with Crippen LogP contribution in [0.15, 0.2) is 0 Å². The predicted octanol–water partition coefficient (Wildman–Crippen LogP) is 2.12. The van der Waals surface area contributed by atoms with E-state index in [1.165, 1.54) is 12.8 Å². The quantitative estimate of drug-likeness (QED) is 0.749. The minimum absolute atomic E-state index is 0.107. The molecule has 2 unspecified atom stereocenters. The lowest BCUT2D eigenvalue weighted by molar-refractivity contribution is 0.0606. The fourth-order valence-electron chi connectivity index (χ4n) is 1.74. The summed E-state index contributed by atoms with van der Waals surface area (Å²) in [5.41, 5.74) is 0.290. The molecular formula is C12H25NO. The van der Waals surface area contributed by atoms with Crippen LogP contribution in [0.25, 0.3) is 0 Å². The molecule has 1 aliphatic carbocycles. The third-order valence-corrected chi connectivity index (χ3v) is 3.56. The lowest BCUT2D eigenvalue weighted by atomic mass is 9.87. The van der Waals surface area contributed by atoms with Crippen molar-refractivity contribution in [3.8, 4) is 0 Å². The lowest BCUT2D eigenvalue weighted by Crippen LogP contribution is -2.43. The van der Waals surface area contributed by atoms with Crippen LogP contribution in [0.2, 0.25) is 0 Å². The molecule has 1 rings (SSSR count). The van der Waals surface area contributed by atoms with Crippen molar-refractivity contribution in [3.63, 3.8) is 0 Å². The maximum atomic E-state index is 9.83. The Morgan fingerprint density at radius 1 is 1.36 bits per heavy atom. The van der Waals surface area contributed by atoms with Crippen LogP contribution in [0.5, 0.6) is 0 Å². The van der Waals surface area contributed by atoms with Gasteiger partial charge in [0.25, 0.3) is 0 Å². The Kier molecular flexibility index (Phi) is 3.59. The van der Waals surface area contributed by atoms with E-state index in [0.29, 0.717) is 12.0 Å². The van der Waals surface area contributed by atoms with Crippen LogP contribution in [0, 0.1) is 11.3 Å². The molecule has 0 bridgehead atoms. The van der Waals surface area contributed by atoms with Crippen LogP contribution in [-0.2, 0) is 0 Å². The second-order valence-corrected chi connectivity index (χ2v) is 5.89. The van der Waals surface area contributed by atoms with Gasteiger partial charge in [0.1, 0.15) is 0 Å². The summed E-state index contributed by atoms with van der Waals surface area (Å²) in [4.78, 5) is 2.28. The fourth-order valence-corrected chi connectivity index (χ4v) is 1.74. The molecule has 0 amide bonds. The zero-order chi connectivity index (χ0) is 10.9. The van der Waals surface area contributed by atoms with E-state index in [9.17, 15) is 5.11 Å². The number of hydrogen-bond donors (Lipinski definition) is 1. The van der Waals surface area contributed by atoms with Crippen molar-refractivity contribution >= 4 is 0 Å². The summed E-state index contributed by atoms with van der Waals surface area (Å²) < 4.78 is 0. The van der Waals surface area contributed by atoms with Gasteiger partial charge < -0.3 is 10.0 Å². The van der Waals surface area contributed by atoms with Gasteiger partial charge in [-0.3, -0.25) is 0 Å². The molecule has 1 saturated carbocycles. The molecule has 0 aromatic carbocycles. The highest BCUT2D eigenvalue weighted by molar-refractivity contribution is 4.85. The molecule has 0 saturated heterocycles. The monoisotopic (exact) mass is 199 g/mol. The third kappa shape index (κ3) is 3.25. The molecule has 1 N–H and O–H groups in total. The summed E-state index contributed by atoms with van der Waals surface area (Å²) in [6, 6.07) is 0.510. The van der Waals surface area contributed by atoms with Gasteiger partial charge in [-0.25, -0.2) is 0 Å². The molecule has 0 aromatic heterocycles. The van der Waals surface area contributed by atoms with Crippen LogP contribution < -0.4 is 0 Å². The molecule has 2 atom stereocenters. The average molecular weight is 199 g/mol. The Labute approximate surface area is 88.3 Å². The minimum atomic E-state index is -0.107. The SMILES string of the molecule is CC(N(C)CC(O)C1CC1)C(C)(C)C. The van der Waals surface area contributed by atoms with Gasteiger partial charge in [-0.05, 0) is 38.1 Å². The molecule has 0 heterocycles. The fraction of sp³-hybridized carbons (Fsp3) is 1.00. The minimum Gasteiger partial charge on any atom is -0.392 e. The van der Waals surface area contributed by atoms with Crippen LogP contribution in [-0.4, -0.2) is 35.7 Å². The summed E-state index contributed by atoms with van der Waals surface area (Å²) in [5, 5.41) is 9.83. The van der Waals surface area contributed by atoms with Gasteiger partial charge in [0.2, 0.25) is 0 Å². The lowest BCUT2D eigenvalue weighted by Gasteiger charge is -2.36. The van der Waals surface area contributed by atoms with E-state index in [0.717, 1.165) is 6.54 Å². The number of rotatable bonds is 4. The summed E-state index contributed by atoms with van der Waals surface area (Å²) in [6.07, 6.45) is 2.34. The van der Waals surface area contributed by atoms with E-state index in [2.05, 4.69) is 39.6 Å². The van der Waals surface area contributed by atoms with E-state index in [1.807, 2.05) is 0 Å². The Hall–Kier alpha value is -0.0800. The molecule has 1 fully saturated rings. The second-order valence-electron chi connectivity index (χ2n) is 5.89. The first kappa shape index (κ1) is 12.0.